The molecule has 2 rings (SSSR count). The van der Waals surface area contributed by atoms with Gasteiger partial charge in [-0.15, -0.1) is 0 Å². The number of nitrogens with two attached hydrogens (primary N) is 1. The smallest absolute Gasteiger partial charge is 0.262 e. The Morgan fingerprint density at radius 1 is 1.21 bits per heavy atom. The van der Waals surface area contributed by atoms with Gasteiger partial charge in [0.05, 0.1) is 11.1 Å². The molecule has 0 saturated carbocycles. The van der Waals surface area contributed by atoms with E-state index in [4.69, 9.17) is 5.84 Å². The van der Waals surface area contributed by atoms with Gasteiger partial charge in [0.15, 0.2) is 0 Å². The van der Waals surface area contributed by atoms with Crippen LogP contribution in [0.1, 0.15) is 11.1 Å². The van der Waals surface area contributed by atoms with Crippen molar-refractivity contribution in [3.8, 4) is 0 Å². The molecule has 0 spiro atoms. The quantitative estimate of drug-likeness (QED) is 0.577. The van der Waals surface area contributed by atoms with Gasteiger partial charge in [0, 0.05) is 5.69 Å². The summed E-state index contributed by atoms with van der Waals surface area (Å²) in [5.74, 6) is 5.32. The van der Waals surface area contributed by atoms with E-state index in [0.29, 0.717) is 16.8 Å². The second-order valence-electron chi connectivity index (χ2n) is 4.10. The highest BCUT2D eigenvalue weighted by Crippen LogP contribution is 2.25. The number of aryl methyl sites for hydroxylation is 2. The Kier molecular flexibility index (Phi) is 3.45. The van der Waals surface area contributed by atoms with Crippen LogP contribution in [0.15, 0.2) is 34.0 Å². The van der Waals surface area contributed by atoms with Crippen LogP contribution in [-0.4, -0.2) is 13.6 Å². The van der Waals surface area contributed by atoms with Crippen molar-refractivity contribution in [3.05, 3.63) is 35.7 Å². The van der Waals surface area contributed by atoms with E-state index in [1.54, 1.807) is 26.0 Å². The van der Waals surface area contributed by atoms with Crippen molar-refractivity contribution in [2.75, 3.05) is 10.1 Å². The van der Waals surface area contributed by atoms with Gasteiger partial charge in [-0.1, -0.05) is 5.16 Å². The van der Waals surface area contributed by atoms with Crippen LogP contribution < -0.4 is 16.0 Å². The van der Waals surface area contributed by atoms with E-state index in [9.17, 15) is 8.42 Å². The summed E-state index contributed by atoms with van der Waals surface area (Å²) in [6.07, 6.45) is 2.51. The Bertz CT molecular complexity index is 657. The summed E-state index contributed by atoms with van der Waals surface area (Å²) in [5.41, 5.74) is 4.61. The number of hydrazine groups is 1. The zero-order valence-electron chi connectivity index (χ0n) is 10.5. The van der Waals surface area contributed by atoms with Crippen molar-refractivity contribution in [2.45, 2.75) is 18.7 Å². The Morgan fingerprint density at radius 2 is 1.84 bits per heavy atom. The van der Waals surface area contributed by atoms with Crippen molar-refractivity contribution in [2.24, 2.45) is 5.84 Å². The molecule has 0 amide bonds. The van der Waals surface area contributed by atoms with E-state index >= 15 is 0 Å². The van der Waals surface area contributed by atoms with E-state index in [0.717, 1.165) is 0 Å². The number of anilines is 2. The number of nitrogens with one attached hydrogen (secondary N) is 2. The third-order valence-electron chi connectivity index (χ3n) is 2.58. The number of aromatic nitrogens is 1. The third kappa shape index (κ3) is 2.69. The molecule has 2 aromatic rings. The molecular weight excluding hydrogens is 268 g/mol. The first-order valence-electron chi connectivity index (χ1n) is 5.44. The highest BCUT2D eigenvalue weighted by Gasteiger charge is 2.20. The fraction of sp³-hybridized carbons (Fsp3) is 0.182. The molecule has 1 aromatic carbocycles. The summed E-state index contributed by atoms with van der Waals surface area (Å²) in [6.45, 7) is 3.41. The van der Waals surface area contributed by atoms with E-state index in [2.05, 4.69) is 19.8 Å². The topological polar surface area (TPSA) is 110 Å². The largest absolute Gasteiger partial charge is 0.362 e. The maximum absolute atomic E-state index is 12.3. The normalized spacial score (nSPS) is 11.3. The van der Waals surface area contributed by atoms with Gasteiger partial charge in [-0.25, -0.2) is 8.42 Å². The predicted octanol–water partition coefficient (Wildman–Crippen LogP) is 1.38. The summed E-state index contributed by atoms with van der Waals surface area (Å²) >= 11 is 0. The second kappa shape index (κ2) is 4.90. The van der Waals surface area contributed by atoms with Crippen LogP contribution in [0.5, 0.6) is 0 Å². The van der Waals surface area contributed by atoms with Gasteiger partial charge in [-0.2, -0.15) is 0 Å². The molecule has 0 fully saturated rings. The summed E-state index contributed by atoms with van der Waals surface area (Å²) in [4.78, 5) is 0.215. The van der Waals surface area contributed by atoms with Crippen molar-refractivity contribution in [1.82, 2.24) is 5.16 Å². The lowest BCUT2D eigenvalue weighted by Gasteiger charge is -2.13. The van der Waals surface area contributed by atoms with Crippen LogP contribution in [0.3, 0.4) is 0 Å². The predicted molar refractivity (Wildman–Crippen MR) is 71.0 cm³/mol. The van der Waals surface area contributed by atoms with Crippen LogP contribution in [-0.2, 0) is 10.0 Å². The Balaban J connectivity index is 2.46. The first kappa shape index (κ1) is 13.4. The minimum atomic E-state index is -3.69. The molecule has 19 heavy (non-hydrogen) atoms. The monoisotopic (exact) mass is 282 g/mol. The molecular formula is C11H14N4O3S. The molecule has 0 unspecified atom stereocenters. The van der Waals surface area contributed by atoms with E-state index in [1.807, 2.05) is 0 Å². The van der Waals surface area contributed by atoms with Crippen LogP contribution in [0, 0.1) is 13.8 Å². The SMILES string of the molecule is Cc1cc(NN)cc(C)c1S(=O)(=O)Nc1cnoc1. The summed E-state index contributed by atoms with van der Waals surface area (Å²) in [6, 6.07) is 3.32. The van der Waals surface area contributed by atoms with Crippen molar-refractivity contribution >= 4 is 21.4 Å². The maximum atomic E-state index is 12.3. The average molecular weight is 282 g/mol. The molecule has 102 valence electrons. The molecule has 0 aliphatic rings. The Hall–Kier alpha value is -2.06. The lowest BCUT2D eigenvalue weighted by atomic mass is 10.1. The average Bonchev–Trinajstić information content (AvgIpc) is 2.79. The molecule has 0 bridgehead atoms. The Labute approximate surface area is 110 Å². The summed E-state index contributed by atoms with van der Waals surface area (Å²) in [5, 5.41) is 3.44. The molecule has 7 nitrogen and oxygen atoms in total. The number of benzene rings is 1. The van der Waals surface area contributed by atoms with Gasteiger partial charge in [0.1, 0.15) is 12.0 Å². The minimum Gasteiger partial charge on any atom is -0.362 e. The highest BCUT2D eigenvalue weighted by atomic mass is 32.2. The van der Waals surface area contributed by atoms with Gasteiger partial charge in [-0.3, -0.25) is 10.6 Å². The molecule has 1 aromatic heterocycles. The lowest BCUT2D eigenvalue weighted by molar-refractivity contribution is 0.420. The first-order chi connectivity index (χ1) is 8.94. The minimum absolute atomic E-state index is 0.215. The van der Waals surface area contributed by atoms with Gasteiger partial charge in [-0.05, 0) is 37.1 Å². The van der Waals surface area contributed by atoms with Crippen molar-refractivity contribution < 1.29 is 12.9 Å². The molecule has 0 aliphatic carbocycles. The number of sulfonamides is 1. The second-order valence-corrected chi connectivity index (χ2v) is 5.72. The summed E-state index contributed by atoms with van der Waals surface area (Å²) in [7, 11) is -3.69. The fourth-order valence-electron chi connectivity index (χ4n) is 1.92. The zero-order valence-corrected chi connectivity index (χ0v) is 11.3. The molecule has 4 N–H and O–H groups in total. The third-order valence-corrected chi connectivity index (χ3v) is 4.27. The van der Waals surface area contributed by atoms with Gasteiger partial charge in [0.25, 0.3) is 10.0 Å². The zero-order chi connectivity index (χ0) is 14.0. The standard InChI is InChI=1S/C11H14N4O3S/c1-7-3-9(14-12)4-8(2)11(7)19(16,17)15-10-5-13-18-6-10/h3-6,14-15H,12H2,1-2H3. The first-order valence-corrected chi connectivity index (χ1v) is 6.92. The molecule has 0 atom stereocenters. The molecule has 1 heterocycles. The number of nitrogen functional groups attached to an aromatic ring is 1. The maximum Gasteiger partial charge on any atom is 0.262 e. The van der Waals surface area contributed by atoms with Crippen molar-refractivity contribution in [1.29, 1.82) is 0 Å². The number of hydrogen-bond acceptors (Lipinski definition) is 6. The van der Waals surface area contributed by atoms with Crippen molar-refractivity contribution in [3.63, 3.8) is 0 Å². The number of hydrogen-bond donors (Lipinski definition) is 3. The van der Waals surface area contributed by atoms with E-state index < -0.39 is 10.0 Å². The van der Waals surface area contributed by atoms with E-state index in [-0.39, 0.29) is 10.6 Å². The van der Waals surface area contributed by atoms with Crippen LogP contribution in [0.25, 0.3) is 0 Å². The number of rotatable bonds is 4. The van der Waals surface area contributed by atoms with Gasteiger partial charge >= 0.3 is 0 Å². The molecule has 8 heteroatoms. The van der Waals surface area contributed by atoms with Crippen LogP contribution >= 0.6 is 0 Å². The molecule has 0 radical (unpaired) electrons. The summed E-state index contributed by atoms with van der Waals surface area (Å²) < 4.78 is 31.6. The van der Waals surface area contributed by atoms with Gasteiger partial charge in [0.2, 0.25) is 0 Å². The lowest BCUT2D eigenvalue weighted by Crippen LogP contribution is -2.16. The van der Waals surface area contributed by atoms with Crippen LogP contribution in [0.4, 0.5) is 11.4 Å². The van der Waals surface area contributed by atoms with E-state index in [1.165, 1.54) is 12.5 Å². The number of nitrogens with zero attached hydrogens (tertiary/aromatic N) is 1. The fourth-order valence-corrected chi connectivity index (χ4v) is 3.40. The molecule has 0 saturated heterocycles. The van der Waals surface area contributed by atoms with Crippen LogP contribution in [0.2, 0.25) is 0 Å². The highest BCUT2D eigenvalue weighted by molar-refractivity contribution is 7.92. The van der Waals surface area contributed by atoms with Gasteiger partial charge < -0.3 is 9.95 Å². The Morgan fingerprint density at radius 3 is 2.32 bits per heavy atom. The molecule has 0 aliphatic heterocycles.